The molecule has 0 aliphatic heterocycles. The van der Waals surface area contributed by atoms with Gasteiger partial charge in [0.2, 0.25) is 0 Å². The van der Waals surface area contributed by atoms with E-state index in [9.17, 15) is 0 Å². The van der Waals surface area contributed by atoms with Crippen LogP contribution in [0.2, 0.25) is 0 Å². The Hall–Kier alpha value is 0.350. The Morgan fingerprint density at radius 1 is 0.421 bits per heavy atom. The SMILES string of the molecule is CCCCCCCCCCCCCCSCCCC. The van der Waals surface area contributed by atoms with Gasteiger partial charge in [-0.2, -0.15) is 11.8 Å². The monoisotopic (exact) mass is 286 g/mol. The van der Waals surface area contributed by atoms with E-state index in [-0.39, 0.29) is 0 Å². The minimum Gasteiger partial charge on any atom is -0.162 e. The summed E-state index contributed by atoms with van der Waals surface area (Å²) in [5, 5.41) is 0. The second kappa shape index (κ2) is 18.4. The first-order chi connectivity index (χ1) is 9.41. The van der Waals surface area contributed by atoms with Gasteiger partial charge in [-0.25, -0.2) is 0 Å². The molecule has 0 nitrogen and oxygen atoms in total. The standard InChI is InChI=1S/C18H38S/c1-3-5-7-8-9-10-11-12-13-14-15-16-18-19-17-6-4-2/h3-18H2,1-2H3. The van der Waals surface area contributed by atoms with Crippen LogP contribution < -0.4 is 0 Å². The summed E-state index contributed by atoms with van der Waals surface area (Å²) in [6, 6.07) is 0. The zero-order valence-electron chi connectivity index (χ0n) is 13.7. The topological polar surface area (TPSA) is 0 Å². The van der Waals surface area contributed by atoms with Crippen LogP contribution in [0.4, 0.5) is 0 Å². The Labute approximate surface area is 127 Å². The van der Waals surface area contributed by atoms with Crippen molar-refractivity contribution >= 4 is 11.8 Å². The second-order valence-electron chi connectivity index (χ2n) is 5.86. The third kappa shape index (κ3) is 18.4. The Balaban J connectivity index is 2.88. The number of hydrogen-bond acceptors (Lipinski definition) is 1. The average Bonchev–Trinajstić information content (AvgIpc) is 2.43. The molecule has 0 heterocycles. The number of thioether (sulfide) groups is 1. The summed E-state index contributed by atoms with van der Waals surface area (Å²) in [6.07, 6.45) is 20.3. The molecule has 0 fully saturated rings. The lowest BCUT2D eigenvalue weighted by molar-refractivity contribution is 0.548. The van der Waals surface area contributed by atoms with Crippen molar-refractivity contribution in [2.24, 2.45) is 0 Å². The van der Waals surface area contributed by atoms with Gasteiger partial charge in [0.1, 0.15) is 0 Å². The van der Waals surface area contributed by atoms with Gasteiger partial charge in [0.25, 0.3) is 0 Å². The van der Waals surface area contributed by atoms with Crippen LogP contribution in [0.1, 0.15) is 104 Å². The van der Waals surface area contributed by atoms with Gasteiger partial charge in [-0.1, -0.05) is 90.9 Å². The fraction of sp³-hybridized carbons (Fsp3) is 1.00. The van der Waals surface area contributed by atoms with E-state index in [0.29, 0.717) is 0 Å². The number of hydrogen-bond donors (Lipinski definition) is 0. The van der Waals surface area contributed by atoms with Crippen LogP contribution in [0.5, 0.6) is 0 Å². The number of unbranched alkanes of at least 4 members (excludes halogenated alkanes) is 12. The van der Waals surface area contributed by atoms with E-state index >= 15 is 0 Å². The Morgan fingerprint density at radius 3 is 1.26 bits per heavy atom. The molecule has 0 amide bonds. The normalized spacial score (nSPS) is 11.1. The molecule has 0 aromatic carbocycles. The molecule has 0 rings (SSSR count). The van der Waals surface area contributed by atoms with Gasteiger partial charge < -0.3 is 0 Å². The first kappa shape index (κ1) is 19.4. The van der Waals surface area contributed by atoms with Gasteiger partial charge in [-0.3, -0.25) is 0 Å². The van der Waals surface area contributed by atoms with Crippen molar-refractivity contribution in [2.45, 2.75) is 104 Å². The zero-order chi connectivity index (χ0) is 14.0. The molecule has 1 heteroatoms. The van der Waals surface area contributed by atoms with Gasteiger partial charge in [-0.05, 0) is 24.3 Å². The predicted molar refractivity (Wildman–Crippen MR) is 93.3 cm³/mol. The molecule has 0 unspecified atom stereocenters. The molecule has 116 valence electrons. The number of rotatable bonds is 16. The minimum absolute atomic E-state index is 1.35. The molecule has 0 bridgehead atoms. The molecule has 0 aromatic heterocycles. The zero-order valence-corrected chi connectivity index (χ0v) is 14.5. The quantitative estimate of drug-likeness (QED) is 0.270. The highest BCUT2D eigenvalue weighted by molar-refractivity contribution is 7.99. The first-order valence-electron chi connectivity index (χ1n) is 8.99. The van der Waals surface area contributed by atoms with Gasteiger partial charge in [0.05, 0.1) is 0 Å². The molecule has 0 saturated carbocycles. The van der Waals surface area contributed by atoms with Crippen molar-refractivity contribution in [3.8, 4) is 0 Å². The maximum atomic E-state index is 2.29. The maximum Gasteiger partial charge on any atom is -0.00675 e. The summed E-state index contributed by atoms with van der Waals surface area (Å²) >= 11 is 2.16. The first-order valence-corrected chi connectivity index (χ1v) is 10.1. The van der Waals surface area contributed by atoms with Crippen LogP contribution in [0.15, 0.2) is 0 Å². The van der Waals surface area contributed by atoms with E-state index in [0.717, 1.165) is 0 Å². The Kier molecular flexibility index (Phi) is 18.7. The predicted octanol–water partition coefficient (Wildman–Crippen LogP) is 7.22. The molecule has 0 aliphatic rings. The highest BCUT2D eigenvalue weighted by Gasteiger charge is 1.94. The summed E-state index contributed by atoms with van der Waals surface area (Å²) in [5.41, 5.74) is 0. The van der Waals surface area contributed by atoms with Crippen LogP contribution in [-0.2, 0) is 0 Å². The van der Waals surface area contributed by atoms with Crippen molar-refractivity contribution in [1.82, 2.24) is 0 Å². The van der Waals surface area contributed by atoms with Gasteiger partial charge >= 0.3 is 0 Å². The van der Waals surface area contributed by atoms with Crippen LogP contribution in [0.25, 0.3) is 0 Å². The molecular formula is C18H38S. The lowest BCUT2D eigenvalue weighted by Gasteiger charge is -2.03. The van der Waals surface area contributed by atoms with Crippen LogP contribution >= 0.6 is 11.8 Å². The van der Waals surface area contributed by atoms with Crippen LogP contribution in [-0.4, -0.2) is 11.5 Å². The molecule has 0 spiro atoms. The summed E-state index contributed by atoms with van der Waals surface area (Å²) < 4.78 is 0. The van der Waals surface area contributed by atoms with E-state index < -0.39 is 0 Å². The Morgan fingerprint density at radius 2 is 0.789 bits per heavy atom. The van der Waals surface area contributed by atoms with E-state index in [1.54, 1.807) is 0 Å². The highest BCUT2D eigenvalue weighted by atomic mass is 32.2. The van der Waals surface area contributed by atoms with Gasteiger partial charge in [-0.15, -0.1) is 0 Å². The summed E-state index contributed by atoms with van der Waals surface area (Å²) in [4.78, 5) is 0. The largest absolute Gasteiger partial charge is 0.162 e. The van der Waals surface area contributed by atoms with Crippen molar-refractivity contribution in [3.05, 3.63) is 0 Å². The highest BCUT2D eigenvalue weighted by Crippen LogP contribution is 2.13. The molecule has 0 saturated heterocycles. The van der Waals surface area contributed by atoms with Crippen LogP contribution in [0.3, 0.4) is 0 Å². The van der Waals surface area contributed by atoms with E-state index in [4.69, 9.17) is 0 Å². The summed E-state index contributed by atoms with van der Waals surface area (Å²) in [7, 11) is 0. The lowest BCUT2D eigenvalue weighted by atomic mass is 10.1. The molecule has 0 radical (unpaired) electrons. The molecule has 19 heavy (non-hydrogen) atoms. The smallest absolute Gasteiger partial charge is 0.00675 e. The van der Waals surface area contributed by atoms with Crippen molar-refractivity contribution in [1.29, 1.82) is 0 Å². The molecule has 0 aliphatic carbocycles. The lowest BCUT2D eigenvalue weighted by Crippen LogP contribution is -1.85. The second-order valence-corrected chi connectivity index (χ2v) is 7.08. The fourth-order valence-electron chi connectivity index (χ4n) is 2.39. The maximum absolute atomic E-state index is 2.29. The molecule has 0 N–H and O–H groups in total. The third-order valence-corrected chi connectivity index (χ3v) is 4.94. The minimum atomic E-state index is 1.35. The average molecular weight is 287 g/mol. The van der Waals surface area contributed by atoms with E-state index in [1.165, 1.54) is 101 Å². The van der Waals surface area contributed by atoms with Gasteiger partial charge in [0, 0.05) is 0 Å². The Bertz CT molecular complexity index is 129. The third-order valence-electron chi connectivity index (χ3n) is 3.78. The van der Waals surface area contributed by atoms with Crippen LogP contribution in [0, 0.1) is 0 Å². The summed E-state index contributed by atoms with van der Waals surface area (Å²) in [6.45, 7) is 4.58. The molecule has 0 aromatic rings. The van der Waals surface area contributed by atoms with Crippen molar-refractivity contribution in [2.75, 3.05) is 11.5 Å². The van der Waals surface area contributed by atoms with Crippen molar-refractivity contribution in [3.63, 3.8) is 0 Å². The molecule has 0 atom stereocenters. The van der Waals surface area contributed by atoms with E-state index in [2.05, 4.69) is 25.6 Å². The summed E-state index contributed by atoms with van der Waals surface area (Å²) in [5.74, 6) is 2.78. The van der Waals surface area contributed by atoms with E-state index in [1.807, 2.05) is 0 Å². The van der Waals surface area contributed by atoms with Crippen molar-refractivity contribution < 1.29 is 0 Å². The van der Waals surface area contributed by atoms with Gasteiger partial charge in [0.15, 0.2) is 0 Å². The fourth-order valence-corrected chi connectivity index (χ4v) is 3.50. The molecular weight excluding hydrogens is 248 g/mol.